The summed E-state index contributed by atoms with van der Waals surface area (Å²) in [5, 5.41) is 12.2. The number of amides is 1. The Morgan fingerprint density at radius 3 is 2.29 bits per heavy atom. The van der Waals surface area contributed by atoms with E-state index < -0.39 is 5.97 Å². The van der Waals surface area contributed by atoms with Gasteiger partial charge in [0.1, 0.15) is 11.5 Å². The molecule has 1 fully saturated rings. The van der Waals surface area contributed by atoms with E-state index in [0.29, 0.717) is 12.1 Å². The molecule has 1 heterocycles. The Hall–Kier alpha value is -3.68. The zero-order chi connectivity index (χ0) is 24.6. The van der Waals surface area contributed by atoms with Gasteiger partial charge in [-0.25, -0.2) is 4.79 Å². The lowest BCUT2D eigenvalue weighted by molar-refractivity contribution is -0.117. The summed E-state index contributed by atoms with van der Waals surface area (Å²) in [6.45, 7) is 6.44. The summed E-state index contributed by atoms with van der Waals surface area (Å²) in [5.41, 5.74) is 2.98. The molecule has 7 nitrogen and oxygen atoms in total. The molecular formula is C28H31N3O4. The van der Waals surface area contributed by atoms with Crippen LogP contribution < -0.4 is 10.1 Å². The topological polar surface area (TPSA) is 82.1 Å². The predicted molar refractivity (Wildman–Crippen MR) is 136 cm³/mol. The molecule has 1 amide bonds. The number of hydrogen-bond donors (Lipinski definition) is 2. The maximum absolute atomic E-state index is 12.6. The fourth-order valence-corrected chi connectivity index (χ4v) is 4.30. The molecule has 182 valence electrons. The quantitative estimate of drug-likeness (QED) is 0.496. The van der Waals surface area contributed by atoms with Gasteiger partial charge >= 0.3 is 5.97 Å². The van der Waals surface area contributed by atoms with E-state index in [1.807, 2.05) is 73.7 Å². The first-order valence-electron chi connectivity index (χ1n) is 11.9. The van der Waals surface area contributed by atoms with Gasteiger partial charge in [-0.15, -0.1) is 0 Å². The second kappa shape index (κ2) is 11.6. The average Bonchev–Trinajstić information content (AvgIpc) is 3.05. The molecule has 0 spiro atoms. The molecule has 1 saturated heterocycles. The Balaban J connectivity index is 1.24. The van der Waals surface area contributed by atoms with Crippen LogP contribution in [0.3, 0.4) is 0 Å². The minimum Gasteiger partial charge on any atom is -0.478 e. The predicted octanol–water partition coefficient (Wildman–Crippen LogP) is 4.63. The van der Waals surface area contributed by atoms with Gasteiger partial charge in [0.15, 0.2) is 0 Å². The van der Waals surface area contributed by atoms with Gasteiger partial charge in [-0.05, 0) is 80.0 Å². The maximum atomic E-state index is 12.6. The number of ether oxygens (including phenoxy) is 1. The van der Waals surface area contributed by atoms with Gasteiger partial charge in [-0.1, -0.05) is 30.3 Å². The molecule has 0 unspecified atom stereocenters. The Labute approximate surface area is 205 Å². The molecule has 0 atom stereocenters. The van der Waals surface area contributed by atoms with E-state index in [0.717, 1.165) is 67.5 Å². The third kappa shape index (κ3) is 7.15. The number of hydrogen-bond acceptors (Lipinski definition) is 5. The van der Waals surface area contributed by atoms with Crippen LogP contribution >= 0.6 is 0 Å². The molecule has 0 aliphatic carbocycles. The van der Waals surface area contributed by atoms with E-state index in [9.17, 15) is 14.7 Å². The molecule has 7 heteroatoms. The molecule has 0 aromatic heterocycles. The standard InChI is InChI=1S/C28H31N3O4/c1-21-18-22(8-13-26(21)28(33)34)19-30-14-5-15-31(17-16-30)20-27(32)29-23-9-11-25(12-10-23)35-24-6-3-2-4-7-24/h2-4,6-13,18H,5,14-17,19-20H2,1H3,(H,29,32)(H,33,34). The van der Waals surface area contributed by atoms with Gasteiger partial charge in [0.25, 0.3) is 0 Å². The van der Waals surface area contributed by atoms with Crippen LogP contribution in [0.4, 0.5) is 5.69 Å². The fraction of sp³-hybridized carbons (Fsp3) is 0.286. The Morgan fingerprint density at radius 2 is 1.57 bits per heavy atom. The number of aryl methyl sites for hydroxylation is 1. The van der Waals surface area contributed by atoms with E-state index in [2.05, 4.69) is 15.1 Å². The van der Waals surface area contributed by atoms with Gasteiger partial charge in [0.2, 0.25) is 5.91 Å². The molecule has 0 bridgehead atoms. The van der Waals surface area contributed by atoms with Crippen LogP contribution in [0.5, 0.6) is 11.5 Å². The van der Waals surface area contributed by atoms with Crippen molar-refractivity contribution in [3.8, 4) is 11.5 Å². The van der Waals surface area contributed by atoms with Crippen LogP contribution in [0, 0.1) is 6.92 Å². The lowest BCUT2D eigenvalue weighted by atomic mass is 10.0. The first-order chi connectivity index (χ1) is 17.0. The first kappa shape index (κ1) is 24.4. The number of para-hydroxylation sites is 1. The summed E-state index contributed by atoms with van der Waals surface area (Å²) in [5.74, 6) is 0.561. The first-order valence-corrected chi connectivity index (χ1v) is 11.9. The minimum absolute atomic E-state index is 0.0324. The second-order valence-electron chi connectivity index (χ2n) is 8.85. The number of aromatic carboxylic acids is 1. The van der Waals surface area contributed by atoms with Crippen LogP contribution in [0.15, 0.2) is 72.8 Å². The van der Waals surface area contributed by atoms with E-state index in [4.69, 9.17) is 4.74 Å². The van der Waals surface area contributed by atoms with E-state index in [-0.39, 0.29) is 5.91 Å². The van der Waals surface area contributed by atoms with Crippen molar-refractivity contribution >= 4 is 17.6 Å². The highest BCUT2D eigenvalue weighted by Gasteiger charge is 2.18. The number of carbonyl (C=O) groups is 2. The summed E-state index contributed by atoms with van der Waals surface area (Å²) < 4.78 is 5.80. The maximum Gasteiger partial charge on any atom is 0.335 e. The number of carbonyl (C=O) groups excluding carboxylic acids is 1. The van der Waals surface area contributed by atoms with Gasteiger partial charge in [-0.2, -0.15) is 0 Å². The van der Waals surface area contributed by atoms with Crippen LogP contribution in [0.1, 0.15) is 27.9 Å². The number of nitrogens with one attached hydrogen (secondary N) is 1. The SMILES string of the molecule is Cc1cc(CN2CCCN(CC(=O)Nc3ccc(Oc4ccccc4)cc3)CC2)ccc1C(=O)O. The van der Waals surface area contributed by atoms with Gasteiger partial charge < -0.3 is 15.2 Å². The lowest BCUT2D eigenvalue weighted by Crippen LogP contribution is -2.36. The van der Waals surface area contributed by atoms with E-state index in [1.165, 1.54) is 0 Å². The van der Waals surface area contributed by atoms with Crippen LogP contribution in [-0.2, 0) is 11.3 Å². The highest BCUT2D eigenvalue weighted by atomic mass is 16.5. The van der Waals surface area contributed by atoms with Crippen LogP contribution in [-0.4, -0.2) is 59.5 Å². The van der Waals surface area contributed by atoms with Crippen molar-refractivity contribution in [1.29, 1.82) is 0 Å². The molecule has 1 aliphatic rings. The van der Waals surface area contributed by atoms with Crippen molar-refractivity contribution in [3.05, 3.63) is 89.5 Å². The van der Waals surface area contributed by atoms with Crippen molar-refractivity contribution in [2.24, 2.45) is 0 Å². The Morgan fingerprint density at radius 1 is 0.886 bits per heavy atom. The smallest absolute Gasteiger partial charge is 0.335 e. The van der Waals surface area contributed by atoms with Crippen molar-refractivity contribution in [2.75, 3.05) is 38.0 Å². The number of carboxylic acids is 1. The van der Waals surface area contributed by atoms with Crippen molar-refractivity contribution < 1.29 is 19.4 Å². The molecule has 2 N–H and O–H groups in total. The number of nitrogens with zero attached hydrogens (tertiary/aromatic N) is 2. The molecule has 1 aliphatic heterocycles. The van der Waals surface area contributed by atoms with Crippen LogP contribution in [0.2, 0.25) is 0 Å². The largest absolute Gasteiger partial charge is 0.478 e. The minimum atomic E-state index is -0.894. The number of benzene rings is 3. The molecule has 4 rings (SSSR count). The summed E-state index contributed by atoms with van der Waals surface area (Å²) >= 11 is 0. The summed E-state index contributed by atoms with van der Waals surface area (Å²) in [6, 6.07) is 22.5. The van der Waals surface area contributed by atoms with Gasteiger partial charge in [0, 0.05) is 25.3 Å². The zero-order valence-corrected chi connectivity index (χ0v) is 19.9. The van der Waals surface area contributed by atoms with Gasteiger partial charge in [-0.3, -0.25) is 14.6 Å². The molecule has 3 aromatic rings. The molecule has 35 heavy (non-hydrogen) atoms. The second-order valence-corrected chi connectivity index (χ2v) is 8.85. The number of rotatable bonds is 8. The molecule has 0 radical (unpaired) electrons. The average molecular weight is 474 g/mol. The number of carboxylic acid groups (broad SMARTS) is 1. The Kier molecular flexibility index (Phi) is 8.13. The summed E-state index contributed by atoms with van der Waals surface area (Å²) in [7, 11) is 0. The zero-order valence-electron chi connectivity index (χ0n) is 19.9. The lowest BCUT2D eigenvalue weighted by Gasteiger charge is -2.22. The van der Waals surface area contributed by atoms with Crippen LogP contribution in [0.25, 0.3) is 0 Å². The Bertz CT molecular complexity index is 1150. The third-order valence-corrected chi connectivity index (χ3v) is 6.09. The van der Waals surface area contributed by atoms with E-state index >= 15 is 0 Å². The monoisotopic (exact) mass is 473 g/mol. The van der Waals surface area contributed by atoms with Crippen molar-refractivity contribution in [3.63, 3.8) is 0 Å². The van der Waals surface area contributed by atoms with E-state index in [1.54, 1.807) is 6.07 Å². The third-order valence-electron chi connectivity index (χ3n) is 6.09. The molecule has 0 saturated carbocycles. The highest BCUT2D eigenvalue weighted by molar-refractivity contribution is 5.92. The highest BCUT2D eigenvalue weighted by Crippen LogP contribution is 2.22. The normalized spacial score (nSPS) is 14.8. The fourth-order valence-electron chi connectivity index (χ4n) is 4.30. The summed E-state index contributed by atoms with van der Waals surface area (Å²) in [4.78, 5) is 28.4. The van der Waals surface area contributed by atoms with Gasteiger partial charge in [0.05, 0.1) is 12.1 Å². The van der Waals surface area contributed by atoms with Crippen molar-refractivity contribution in [2.45, 2.75) is 19.9 Å². The molecule has 3 aromatic carbocycles. The molecular weight excluding hydrogens is 442 g/mol. The summed E-state index contributed by atoms with van der Waals surface area (Å²) in [6.07, 6.45) is 0.977. The number of anilines is 1. The van der Waals surface area contributed by atoms with Crippen molar-refractivity contribution in [1.82, 2.24) is 9.80 Å².